The number of carbonyl (C=O) groups is 4. The van der Waals surface area contributed by atoms with E-state index in [0.717, 1.165) is 60.3 Å². The maximum absolute atomic E-state index is 13.6. The standard InChI is InChI=1S/C47H56N8O6/c1-26(2)40(52-46(58)60-5)44(56)54-21-7-9-36(54)42-48-24-33(50-42)19-17-30-18-20-34(39-32-16-15-31(23-32)38(30)39)28-11-13-29(14-12-28)35-25-49-43(51-35)37-10-8-22-55(37)45(57)41(27(3)4)53-47(59)61-6/h11-14,18,20,24-27,31-32,36-37,40-41H,7-10,15-16,21-23H2,1-6H3,(H,48,50)(H,49,51)(H,52,58)(H,53,59)/t31?,32?,36-,37-,40-,41-/m0/s1. The lowest BCUT2D eigenvalue weighted by molar-refractivity contribution is -0.136. The van der Waals surface area contributed by atoms with Crippen LogP contribution < -0.4 is 10.6 Å². The molecule has 6 atom stereocenters. The molecule has 2 aromatic heterocycles. The number of alkyl carbamates (subject to hydrolysis) is 2. The number of aromatic amines is 2. The average molecular weight is 829 g/mol. The fraction of sp³-hybridized carbons (Fsp3) is 0.489. The largest absolute Gasteiger partial charge is 0.453 e. The number of H-pyrrole nitrogens is 2. The highest BCUT2D eigenvalue weighted by atomic mass is 16.5. The molecular weight excluding hydrogens is 773 g/mol. The SMILES string of the molecule is COC(=O)N[C@H](C(=O)N1CCC[C@H]1c1ncc(C#Cc2ccc(-c3ccc(-c4cnc([C@@H]5CCCN5C(=O)[C@@H](NC(=O)OC)C(C)C)[nH]4)cc3)c3c2C2CCC3C2)[nH]1)C(C)C. The first-order valence-corrected chi connectivity index (χ1v) is 21.6. The van der Waals surface area contributed by atoms with Crippen molar-refractivity contribution in [1.29, 1.82) is 0 Å². The van der Waals surface area contributed by atoms with E-state index in [0.29, 0.717) is 36.4 Å². The Labute approximate surface area is 357 Å². The summed E-state index contributed by atoms with van der Waals surface area (Å²) in [7, 11) is 2.59. The van der Waals surface area contributed by atoms with Gasteiger partial charge < -0.3 is 39.9 Å². The summed E-state index contributed by atoms with van der Waals surface area (Å²) in [5, 5.41) is 5.42. The predicted molar refractivity (Wildman–Crippen MR) is 229 cm³/mol. The van der Waals surface area contributed by atoms with Crippen molar-refractivity contribution in [2.45, 2.75) is 109 Å². The fourth-order valence-electron chi connectivity index (χ4n) is 9.95. The third kappa shape index (κ3) is 8.22. The first kappa shape index (κ1) is 41.6. The second kappa shape index (κ2) is 17.5. The lowest BCUT2D eigenvalue weighted by Gasteiger charge is -2.30. The number of rotatable bonds is 10. The van der Waals surface area contributed by atoms with Crippen LogP contribution >= 0.6 is 0 Å². The Morgan fingerprint density at radius 3 is 1.80 bits per heavy atom. The molecule has 4 aromatic rings. The van der Waals surface area contributed by atoms with E-state index in [1.165, 1.54) is 43.8 Å². The first-order valence-electron chi connectivity index (χ1n) is 21.6. The molecule has 320 valence electrons. The molecular formula is C47H56N8O6. The van der Waals surface area contributed by atoms with E-state index in [1.807, 2.05) is 43.7 Å². The van der Waals surface area contributed by atoms with Crippen LogP contribution in [0.25, 0.3) is 22.4 Å². The summed E-state index contributed by atoms with van der Waals surface area (Å²) in [6.45, 7) is 8.82. The number of amides is 4. The van der Waals surface area contributed by atoms with Gasteiger partial charge in [-0.3, -0.25) is 9.59 Å². The number of ether oxygens (including phenoxy) is 2. The second-order valence-corrected chi connectivity index (χ2v) is 17.5. The number of hydrogen-bond donors (Lipinski definition) is 4. The molecule has 14 heteroatoms. The number of benzene rings is 2. The lowest BCUT2D eigenvalue weighted by Crippen LogP contribution is -2.51. The van der Waals surface area contributed by atoms with Gasteiger partial charge in [-0.05, 0) is 108 Å². The Morgan fingerprint density at radius 2 is 1.23 bits per heavy atom. The quantitative estimate of drug-likeness (QED) is 0.120. The third-order valence-electron chi connectivity index (χ3n) is 13.1. The van der Waals surface area contributed by atoms with Gasteiger partial charge in [-0.2, -0.15) is 0 Å². The Bertz CT molecular complexity index is 2350. The Kier molecular flexibility index (Phi) is 11.9. The van der Waals surface area contributed by atoms with Gasteiger partial charge in [-0.15, -0.1) is 0 Å². The summed E-state index contributed by atoms with van der Waals surface area (Å²) in [4.78, 5) is 71.2. The number of methoxy groups -OCH3 is 2. The van der Waals surface area contributed by atoms with Crippen LogP contribution in [-0.2, 0) is 19.1 Å². The van der Waals surface area contributed by atoms with Gasteiger partial charge in [0.1, 0.15) is 29.4 Å². The molecule has 3 fully saturated rings. The Balaban J connectivity index is 0.984. The summed E-state index contributed by atoms with van der Waals surface area (Å²) in [6, 6.07) is 11.2. The van der Waals surface area contributed by atoms with Gasteiger partial charge >= 0.3 is 12.2 Å². The van der Waals surface area contributed by atoms with Gasteiger partial charge in [0, 0.05) is 18.7 Å². The minimum atomic E-state index is -0.693. The van der Waals surface area contributed by atoms with E-state index >= 15 is 0 Å². The van der Waals surface area contributed by atoms with Gasteiger partial charge in [-0.25, -0.2) is 19.6 Å². The molecule has 2 saturated heterocycles. The zero-order valence-corrected chi connectivity index (χ0v) is 35.8. The van der Waals surface area contributed by atoms with Crippen LogP contribution in [-0.4, -0.2) is 93.1 Å². The number of carbonyl (C=O) groups excluding carboxylic acids is 4. The summed E-state index contributed by atoms with van der Waals surface area (Å²) in [6.07, 6.45) is 9.10. The van der Waals surface area contributed by atoms with Gasteiger partial charge in [0.15, 0.2) is 0 Å². The minimum absolute atomic E-state index is 0.104. The molecule has 4 N–H and O–H groups in total. The highest BCUT2D eigenvalue weighted by Crippen LogP contribution is 2.56. The van der Waals surface area contributed by atoms with Crippen molar-refractivity contribution in [2.24, 2.45) is 11.8 Å². The van der Waals surface area contributed by atoms with Gasteiger partial charge in [0.25, 0.3) is 0 Å². The molecule has 0 spiro atoms. The van der Waals surface area contributed by atoms with Crippen LogP contribution in [0.4, 0.5) is 9.59 Å². The minimum Gasteiger partial charge on any atom is -0.453 e. The van der Waals surface area contributed by atoms with Crippen LogP contribution in [0.3, 0.4) is 0 Å². The summed E-state index contributed by atoms with van der Waals surface area (Å²) < 4.78 is 9.56. The molecule has 0 radical (unpaired) electrons. The average Bonchev–Trinajstić information content (AvgIpc) is 4.13. The number of hydrogen-bond acceptors (Lipinski definition) is 8. The molecule has 4 amide bonds. The van der Waals surface area contributed by atoms with Crippen LogP contribution in [0.1, 0.15) is 131 Å². The normalized spacial score (nSPS) is 21.2. The molecule has 2 aliphatic heterocycles. The third-order valence-corrected chi connectivity index (χ3v) is 13.1. The van der Waals surface area contributed by atoms with Crippen molar-refractivity contribution in [3.63, 3.8) is 0 Å². The zero-order chi connectivity index (χ0) is 42.9. The zero-order valence-electron chi connectivity index (χ0n) is 35.8. The van der Waals surface area contributed by atoms with E-state index in [4.69, 9.17) is 14.5 Å². The van der Waals surface area contributed by atoms with Crippen molar-refractivity contribution < 1.29 is 28.7 Å². The summed E-state index contributed by atoms with van der Waals surface area (Å²) in [5.74, 6) is 8.79. The number of nitrogens with one attached hydrogen (secondary N) is 4. The van der Waals surface area contributed by atoms with Crippen molar-refractivity contribution in [3.05, 3.63) is 82.8 Å². The lowest BCUT2D eigenvalue weighted by atomic mass is 9.83. The number of fused-ring (bicyclic) bond motifs is 5. The number of imidazole rings is 2. The predicted octanol–water partition coefficient (Wildman–Crippen LogP) is 7.32. The van der Waals surface area contributed by atoms with Crippen molar-refractivity contribution in [1.82, 2.24) is 40.4 Å². The van der Waals surface area contributed by atoms with E-state index in [9.17, 15) is 19.2 Å². The number of nitrogens with zero attached hydrogens (tertiary/aromatic N) is 4. The van der Waals surface area contributed by atoms with E-state index < -0.39 is 24.3 Å². The van der Waals surface area contributed by atoms with Gasteiger partial charge in [-0.1, -0.05) is 63.9 Å². The molecule has 2 unspecified atom stereocenters. The summed E-state index contributed by atoms with van der Waals surface area (Å²) in [5.41, 5.74) is 8.83. The van der Waals surface area contributed by atoms with E-state index in [2.05, 4.69) is 73.8 Å². The molecule has 14 nitrogen and oxygen atoms in total. The highest BCUT2D eigenvalue weighted by Gasteiger charge is 2.41. The maximum atomic E-state index is 13.6. The Morgan fingerprint density at radius 1 is 0.689 bits per heavy atom. The van der Waals surface area contributed by atoms with Crippen molar-refractivity contribution >= 4 is 24.0 Å². The molecule has 61 heavy (non-hydrogen) atoms. The van der Waals surface area contributed by atoms with Gasteiger partial charge in [0.05, 0.1) is 44.4 Å². The number of aromatic nitrogens is 4. The summed E-state index contributed by atoms with van der Waals surface area (Å²) >= 11 is 0. The van der Waals surface area contributed by atoms with Crippen LogP contribution in [0, 0.1) is 23.7 Å². The van der Waals surface area contributed by atoms with Crippen LogP contribution in [0.5, 0.6) is 0 Å². The first-order chi connectivity index (χ1) is 29.4. The molecule has 2 aliphatic carbocycles. The monoisotopic (exact) mass is 828 g/mol. The highest BCUT2D eigenvalue weighted by molar-refractivity contribution is 5.87. The van der Waals surface area contributed by atoms with Crippen molar-refractivity contribution in [2.75, 3.05) is 27.3 Å². The maximum Gasteiger partial charge on any atom is 0.407 e. The smallest absolute Gasteiger partial charge is 0.407 e. The molecule has 1 saturated carbocycles. The van der Waals surface area contributed by atoms with E-state index in [-0.39, 0.29) is 35.7 Å². The number of likely N-dealkylation sites (tertiary alicyclic amines) is 2. The topological polar surface area (TPSA) is 175 Å². The van der Waals surface area contributed by atoms with E-state index in [1.54, 1.807) is 6.20 Å². The fourth-order valence-corrected chi connectivity index (χ4v) is 9.95. The van der Waals surface area contributed by atoms with Crippen LogP contribution in [0.2, 0.25) is 0 Å². The molecule has 8 rings (SSSR count). The van der Waals surface area contributed by atoms with Crippen molar-refractivity contribution in [3.8, 4) is 34.2 Å². The molecule has 4 aliphatic rings. The van der Waals surface area contributed by atoms with Gasteiger partial charge in [0.2, 0.25) is 11.8 Å². The molecule has 2 bridgehead atoms. The molecule has 2 aromatic carbocycles. The molecule has 4 heterocycles. The van der Waals surface area contributed by atoms with Crippen LogP contribution in [0.15, 0.2) is 48.8 Å². The second-order valence-electron chi connectivity index (χ2n) is 17.5. The Hall–Kier alpha value is -6.10.